The molecule has 2 fully saturated rings. The Morgan fingerprint density at radius 1 is 1.38 bits per heavy atom. The molecule has 0 radical (unpaired) electrons. The van der Waals surface area contributed by atoms with Crippen molar-refractivity contribution >= 4 is 5.82 Å². The average Bonchev–Trinajstić information content (AvgIpc) is 3.31. The minimum absolute atomic E-state index is 0.208. The van der Waals surface area contributed by atoms with Crippen LogP contribution in [0.3, 0.4) is 0 Å². The highest BCUT2D eigenvalue weighted by atomic mass is 16.5. The summed E-state index contributed by atoms with van der Waals surface area (Å²) in [6.07, 6.45) is 6.17. The molecule has 0 unspecified atom stereocenters. The maximum absolute atomic E-state index is 8.77. The first-order valence-corrected chi connectivity index (χ1v) is 7.52. The van der Waals surface area contributed by atoms with Crippen molar-refractivity contribution in [1.29, 1.82) is 5.26 Å². The maximum atomic E-state index is 8.77. The van der Waals surface area contributed by atoms with Crippen LogP contribution in [0, 0.1) is 17.2 Å². The van der Waals surface area contributed by atoms with Gasteiger partial charge in [-0.2, -0.15) is 5.26 Å². The van der Waals surface area contributed by atoms with E-state index < -0.39 is 0 Å². The van der Waals surface area contributed by atoms with Crippen LogP contribution in [0.4, 0.5) is 5.82 Å². The van der Waals surface area contributed by atoms with Crippen molar-refractivity contribution < 1.29 is 4.74 Å². The first kappa shape index (κ1) is 14.2. The van der Waals surface area contributed by atoms with Crippen molar-refractivity contribution in [2.75, 3.05) is 44.7 Å². The summed E-state index contributed by atoms with van der Waals surface area (Å²) in [7, 11) is 2.17. The summed E-state index contributed by atoms with van der Waals surface area (Å²) in [5, 5.41) is 8.77. The Kier molecular flexibility index (Phi) is 4.32. The van der Waals surface area contributed by atoms with E-state index >= 15 is 0 Å². The lowest BCUT2D eigenvalue weighted by atomic mass is 10.2. The molecule has 0 bridgehead atoms. The molecule has 0 spiro atoms. The third kappa shape index (κ3) is 3.90. The lowest BCUT2D eigenvalue weighted by Gasteiger charge is -2.35. The Hall–Kier alpha value is -1.71. The van der Waals surface area contributed by atoms with E-state index in [1.165, 1.54) is 25.6 Å². The summed E-state index contributed by atoms with van der Waals surface area (Å²) in [6.45, 7) is 4.50. The number of nitrogens with zero attached hydrogens (tertiary/aromatic N) is 5. The molecule has 6 nitrogen and oxygen atoms in total. The summed E-state index contributed by atoms with van der Waals surface area (Å²) in [6, 6.07) is 1.99. The number of morpholine rings is 1. The van der Waals surface area contributed by atoms with Crippen LogP contribution >= 0.6 is 0 Å². The van der Waals surface area contributed by atoms with Crippen LogP contribution in [-0.4, -0.2) is 60.8 Å². The van der Waals surface area contributed by atoms with Gasteiger partial charge in [-0.05, 0) is 25.8 Å². The van der Waals surface area contributed by atoms with Gasteiger partial charge < -0.3 is 14.5 Å². The number of nitriles is 1. The van der Waals surface area contributed by atoms with E-state index in [-0.39, 0.29) is 6.10 Å². The van der Waals surface area contributed by atoms with E-state index in [9.17, 15) is 0 Å². The molecular weight excluding hydrogens is 266 g/mol. The van der Waals surface area contributed by atoms with Crippen LogP contribution < -0.4 is 4.90 Å². The summed E-state index contributed by atoms with van der Waals surface area (Å²) >= 11 is 0. The van der Waals surface area contributed by atoms with Crippen molar-refractivity contribution in [1.82, 2.24) is 14.9 Å². The van der Waals surface area contributed by atoms with Gasteiger partial charge in [0.2, 0.25) is 0 Å². The largest absolute Gasteiger partial charge is 0.373 e. The molecular formula is C15H21N5O. The van der Waals surface area contributed by atoms with E-state index in [1.807, 2.05) is 6.07 Å². The predicted molar refractivity (Wildman–Crippen MR) is 78.9 cm³/mol. The third-order valence-electron chi connectivity index (χ3n) is 4.00. The third-order valence-corrected chi connectivity index (χ3v) is 4.00. The first-order valence-electron chi connectivity index (χ1n) is 7.52. The Labute approximate surface area is 125 Å². The fourth-order valence-electron chi connectivity index (χ4n) is 2.74. The molecule has 1 aliphatic heterocycles. The van der Waals surface area contributed by atoms with Gasteiger partial charge >= 0.3 is 0 Å². The topological polar surface area (TPSA) is 65.3 Å². The number of rotatable bonds is 5. The fourth-order valence-corrected chi connectivity index (χ4v) is 2.74. The molecule has 1 aromatic heterocycles. The Balaban J connectivity index is 1.55. The molecule has 2 aliphatic rings. The molecule has 1 saturated carbocycles. The number of hydrogen-bond acceptors (Lipinski definition) is 6. The summed E-state index contributed by atoms with van der Waals surface area (Å²) in [4.78, 5) is 13.0. The number of aromatic nitrogens is 2. The van der Waals surface area contributed by atoms with E-state index in [4.69, 9.17) is 10.00 Å². The minimum atomic E-state index is 0.208. The van der Waals surface area contributed by atoms with Crippen LogP contribution in [-0.2, 0) is 4.74 Å². The molecule has 1 aromatic rings. The zero-order valence-electron chi connectivity index (χ0n) is 12.4. The van der Waals surface area contributed by atoms with Gasteiger partial charge in [-0.3, -0.25) is 0 Å². The second-order valence-electron chi connectivity index (χ2n) is 5.98. The molecule has 21 heavy (non-hydrogen) atoms. The highest BCUT2D eigenvalue weighted by Gasteiger charge is 2.26. The van der Waals surface area contributed by atoms with Crippen LogP contribution in [0.1, 0.15) is 18.5 Å². The molecule has 1 atom stereocenters. The summed E-state index contributed by atoms with van der Waals surface area (Å²) < 4.78 is 5.86. The second-order valence-corrected chi connectivity index (χ2v) is 5.98. The Bertz CT molecular complexity index is 508. The summed E-state index contributed by atoms with van der Waals surface area (Å²) in [5.41, 5.74) is 0.354. The molecule has 0 amide bonds. The molecule has 0 N–H and O–H groups in total. The van der Waals surface area contributed by atoms with E-state index in [0.717, 1.165) is 31.4 Å². The van der Waals surface area contributed by atoms with Gasteiger partial charge in [0.25, 0.3) is 0 Å². The predicted octanol–water partition coefficient (Wildman–Crippen LogP) is 0.895. The van der Waals surface area contributed by atoms with Crippen molar-refractivity contribution in [2.24, 2.45) is 5.92 Å². The van der Waals surface area contributed by atoms with Gasteiger partial charge in [0, 0.05) is 26.2 Å². The van der Waals surface area contributed by atoms with Gasteiger partial charge in [0.15, 0.2) is 5.69 Å². The Morgan fingerprint density at radius 2 is 2.24 bits per heavy atom. The van der Waals surface area contributed by atoms with Crippen LogP contribution in [0.25, 0.3) is 0 Å². The van der Waals surface area contributed by atoms with Gasteiger partial charge in [-0.15, -0.1) is 0 Å². The zero-order chi connectivity index (χ0) is 14.7. The normalized spacial score (nSPS) is 22.3. The lowest BCUT2D eigenvalue weighted by molar-refractivity contribution is 0.0197. The minimum Gasteiger partial charge on any atom is -0.373 e. The SMILES string of the molecule is CN(CC1CC1)C[C@H]1CN(c2cnc(C#N)cn2)CCO1. The Morgan fingerprint density at radius 3 is 2.90 bits per heavy atom. The second kappa shape index (κ2) is 6.37. The first-order chi connectivity index (χ1) is 10.2. The quantitative estimate of drug-likeness (QED) is 0.801. The van der Waals surface area contributed by atoms with Crippen LogP contribution in [0.15, 0.2) is 12.4 Å². The molecule has 1 aliphatic carbocycles. The monoisotopic (exact) mass is 287 g/mol. The van der Waals surface area contributed by atoms with Crippen LogP contribution in [0.5, 0.6) is 0 Å². The average molecular weight is 287 g/mol. The fraction of sp³-hybridized carbons (Fsp3) is 0.667. The number of likely N-dealkylation sites (N-methyl/N-ethyl adjacent to an activating group) is 1. The number of ether oxygens (including phenoxy) is 1. The number of anilines is 1. The van der Waals surface area contributed by atoms with Crippen molar-refractivity contribution in [3.63, 3.8) is 0 Å². The van der Waals surface area contributed by atoms with Crippen molar-refractivity contribution in [3.8, 4) is 6.07 Å². The molecule has 1 saturated heterocycles. The molecule has 6 heteroatoms. The van der Waals surface area contributed by atoms with Gasteiger partial charge in [-0.25, -0.2) is 9.97 Å². The van der Waals surface area contributed by atoms with E-state index in [1.54, 1.807) is 6.20 Å². The van der Waals surface area contributed by atoms with E-state index in [0.29, 0.717) is 12.3 Å². The molecule has 3 rings (SSSR count). The summed E-state index contributed by atoms with van der Waals surface area (Å²) in [5.74, 6) is 1.73. The van der Waals surface area contributed by atoms with Gasteiger partial charge in [-0.1, -0.05) is 0 Å². The maximum Gasteiger partial charge on any atom is 0.158 e. The highest BCUT2D eigenvalue weighted by Crippen LogP contribution is 2.29. The van der Waals surface area contributed by atoms with Gasteiger partial charge in [0.05, 0.1) is 25.1 Å². The van der Waals surface area contributed by atoms with Crippen molar-refractivity contribution in [3.05, 3.63) is 18.1 Å². The highest BCUT2D eigenvalue weighted by molar-refractivity contribution is 5.37. The number of hydrogen-bond donors (Lipinski definition) is 0. The molecule has 0 aromatic carbocycles. The molecule has 2 heterocycles. The van der Waals surface area contributed by atoms with Crippen molar-refractivity contribution in [2.45, 2.75) is 18.9 Å². The van der Waals surface area contributed by atoms with Crippen LogP contribution in [0.2, 0.25) is 0 Å². The zero-order valence-corrected chi connectivity index (χ0v) is 12.4. The lowest BCUT2D eigenvalue weighted by Crippen LogP contribution is -2.47. The molecule has 112 valence electrons. The standard InChI is InChI=1S/C15H21N5O/c1-19(9-12-2-3-12)10-14-11-20(4-5-21-14)15-8-17-13(6-16)7-18-15/h7-8,12,14H,2-5,9-11H2,1H3/t14-/m0/s1. The van der Waals surface area contributed by atoms with E-state index in [2.05, 4.69) is 26.8 Å². The van der Waals surface area contributed by atoms with Gasteiger partial charge in [0.1, 0.15) is 11.9 Å². The smallest absolute Gasteiger partial charge is 0.158 e.